The fourth-order valence-electron chi connectivity index (χ4n) is 4.34. The SMILES string of the molecule is CC(C)C1CCCCN1C(=O)C1CCN(C(=O)C=Cc2ccccc2)CC1. The van der Waals surface area contributed by atoms with Gasteiger partial charge in [-0.3, -0.25) is 9.59 Å². The van der Waals surface area contributed by atoms with E-state index in [1.54, 1.807) is 6.08 Å². The molecule has 146 valence electrons. The average molecular weight is 369 g/mol. The molecule has 2 fully saturated rings. The predicted octanol–water partition coefficient (Wildman–Crippen LogP) is 3.98. The minimum absolute atomic E-state index is 0.0442. The average Bonchev–Trinajstić information content (AvgIpc) is 2.72. The van der Waals surface area contributed by atoms with Gasteiger partial charge in [0, 0.05) is 37.7 Å². The molecule has 4 nitrogen and oxygen atoms in total. The third kappa shape index (κ3) is 5.00. The van der Waals surface area contributed by atoms with Crippen LogP contribution in [0.3, 0.4) is 0 Å². The first-order valence-corrected chi connectivity index (χ1v) is 10.4. The van der Waals surface area contributed by atoms with Crippen molar-refractivity contribution in [1.82, 2.24) is 9.80 Å². The molecule has 1 atom stereocenters. The molecule has 27 heavy (non-hydrogen) atoms. The maximum Gasteiger partial charge on any atom is 0.246 e. The summed E-state index contributed by atoms with van der Waals surface area (Å²) in [4.78, 5) is 29.5. The van der Waals surface area contributed by atoms with Gasteiger partial charge in [-0.25, -0.2) is 0 Å². The van der Waals surface area contributed by atoms with Gasteiger partial charge in [-0.15, -0.1) is 0 Å². The molecule has 2 aliphatic heterocycles. The van der Waals surface area contributed by atoms with Gasteiger partial charge in [0.25, 0.3) is 0 Å². The maximum absolute atomic E-state index is 13.1. The molecule has 4 heteroatoms. The number of rotatable bonds is 4. The number of hydrogen-bond donors (Lipinski definition) is 0. The minimum atomic E-state index is 0.0442. The van der Waals surface area contributed by atoms with Crippen LogP contribution in [0.5, 0.6) is 0 Å². The monoisotopic (exact) mass is 368 g/mol. The van der Waals surface area contributed by atoms with Crippen LogP contribution in [0.15, 0.2) is 36.4 Å². The zero-order chi connectivity index (χ0) is 19.2. The van der Waals surface area contributed by atoms with Crippen molar-refractivity contribution >= 4 is 17.9 Å². The van der Waals surface area contributed by atoms with Crippen molar-refractivity contribution in [2.45, 2.75) is 52.0 Å². The largest absolute Gasteiger partial charge is 0.339 e. The lowest BCUT2D eigenvalue weighted by Crippen LogP contribution is -2.50. The molecule has 0 aliphatic carbocycles. The Hall–Kier alpha value is -2.10. The summed E-state index contributed by atoms with van der Waals surface area (Å²) >= 11 is 0. The molecule has 0 radical (unpaired) electrons. The Morgan fingerprint density at radius 1 is 1.00 bits per heavy atom. The molecule has 3 rings (SSSR count). The van der Waals surface area contributed by atoms with E-state index in [9.17, 15) is 9.59 Å². The van der Waals surface area contributed by atoms with Crippen molar-refractivity contribution < 1.29 is 9.59 Å². The second kappa shape index (κ2) is 9.20. The van der Waals surface area contributed by atoms with Gasteiger partial charge in [0.2, 0.25) is 11.8 Å². The highest BCUT2D eigenvalue weighted by Gasteiger charge is 2.34. The number of nitrogens with zero attached hydrogens (tertiary/aromatic N) is 2. The molecule has 0 saturated carbocycles. The molecule has 1 unspecified atom stereocenters. The molecular formula is C23H32N2O2. The number of carbonyl (C=O) groups is 2. The van der Waals surface area contributed by atoms with Crippen molar-refractivity contribution in [3.8, 4) is 0 Å². The van der Waals surface area contributed by atoms with E-state index in [4.69, 9.17) is 0 Å². The zero-order valence-corrected chi connectivity index (χ0v) is 16.6. The number of likely N-dealkylation sites (tertiary alicyclic amines) is 2. The summed E-state index contributed by atoms with van der Waals surface area (Å²) in [5.41, 5.74) is 1.03. The van der Waals surface area contributed by atoms with Crippen molar-refractivity contribution in [3.05, 3.63) is 42.0 Å². The summed E-state index contributed by atoms with van der Waals surface area (Å²) in [7, 11) is 0. The van der Waals surface area contributed by atoms with Crippen LogP contribution in [0.4, 0.5) is 0 Å². The van der Waals surface area contributed by atoms with Crippen molar-refractivity contribution in [2.75, 3.05) is 19.6 Å². The van der Waals surface area contributed by atoms with Crippen LogP contribution in [-0.4, -0.2) is 47.3 Å². The van der Waals surface area contributed by atoms with E-state index in [-0.39, 0.29) is 11.8 Å². The number of amides is 2. The predicted molar refractivity (Wildman–Crippen MR) is 109 cm³/mol. The standard InChI is InChI=1S/C23H32N2O2/c1-18(2)21-10-6-7-15-25(21)23(27)20-13-16-24(17-14-20)22(26)12-11-19-8-4-3-5-9-19/h3-5,8-9,11-12,18,20-21H,6-7,10,13-17H2,1-2H3. The van der Waals surface area contributed by atoms with E-state index in [2.05, 4.69) is 18.7 Å². The molecule has 2 aliphatic rings. The molecule has 0 N–H and O–H groups in total. The summed E-state index contributed by atoms with van der Waals surface area (Å²) in [6, 6.07) is 10.3. The smallest absolute Gasteiger partial charge is 0.246 e. The lowest BCUT2D eigenvalue weighted by molar-refractivity contribution is -0.143. The fraction of sp³-hybridized carbons (Fsp3) is 0.565. The first-order valence-electron chi connectivity index (χ1n) is 10.4. The first-order chi connectivity index (χ1) is 13.1. The van der Waals surface area contributed by atoms with Crippen LogP contribution < -0.4 is 0 Å². The third-order valence-electron chi connectivity index (χ3n) is 5.98. The van der Waals surface area contributed by atoms with Crippen LogP contribution >= 0.6 is 0 Å². The molecule has 2 saturated heterocycles. The summed E-state index contributed by atoms with van der Waals surface area (Å²) in [5, 5.41) is 0. The summed E-state index contributed by atoms with van der Waals surface area (Å²) < 4.78 is 0. The van der Waals surface area contributed by atoms with Gasteiger partial charge in [0.05, 0.1) is 0 Å². The Labute approximate surface area is 163 Å². The molecule has 0 spiro atoms. The third-order valence-corrected chi connectivity index (χ3v) is 5.98. The second-order valence-corrected chi connectivity index (χ2v) is 8.18. The highest BCUT2D eigenvalue weighted by molar-refractivity contribution is 5.92. The minimum Gasteiger partial charge on any atom is -0.339 e. The zero-order valence-electron chi connectivity index (χ0n) is 16.6. The van der Waals surface area contributed by atoms with Crippen molar-refractivity contribution in [3.63, 3.8) is 0 Å². The number of piperidine rings is 2. The van der Waals surface area contributed by atoms with Crippen LogP contribution in [-0.2, 0) is 9.59 Å². The van der Waals surface area contributed by atoms with Gasteiger partial charge in [-0.05, 0) is 49.7 Å². The highest BCUT2D eigenvalue weighted by Crippen LogP contribution is 2.28. The van der Waals surface area contributed by atoms with Gasteiger partial charge < -0.3 is 9.80 Å². The maximum atomic E-state index is 13.1. The topological polar surface area (TPSA) is 40.6 Å². The van der Waals surface area contributed by atoms with E-state index >= 15 is 0 Å². The Bertz CT molecular complexity index is 660. The van der Waals surface area contributed by atoms with Crippen LogP contribution in [0.25, 0.3) is 6.08 Å². The van der Waals surface area contributed by atoms with Crippen LogP contribution in [0.1, 0.15) is 51.5 Å². The van der Waals surface area contributed by atoms with Gasteiger partial charge in [0.15, 0.2) is 0 Å². The first kappa shape index (κ1) is 19.7. The Morgan fingerprint density at radius 3 is 2.37 bits per heavy atom. The highest BCUT2D eigenvalue weighted by atomic mass is 16.2. The number of hydrogen-bond acceptors (Lipinski definition) is 2. The molecular weight excluding hydrogens is 336 g/mol. The summed E-state index contributed by atoms with van der Waals surface area (Å²) in [6.45, 7) is 6.69. The number of carbonyl (C=O) groups excluding carboxylic acids is 2. The van der Waals surface area contributed by atoms with E-state index in [1.165, 1.54) is 6.42 Å². The van der Waals surface area contributed by atoms with Crippen molar-refractivity contribution in [1.29, 1.82) is 0 Å². The summed E-state index contributed by atoms with van der Waals surface area (Å²) in [5.74, 6) is 0.952. The van der Waals surface area contributed by atoms with Crippen LogP contribution in [0.2, 0.25) is 0 Å². The van der Waals surface area contributed by atoms with E-state index in [1.807, 2.05) is 41.3 Å². The van der Waals surface area contributed by atoms with Crippen molar-refractivity contribution in [2.24, 2.45) is 11.8 Å². The molecule has 2 amide bonds. The van der Waals surface area contributed by atoms with E-state index in [0.29, 0.717) is 31.0 Å². The normalized spacial score (nSPS) is 21.8. The van der Waals surface area contributed by atoms with Gasteiger partial charge >= 0.3 is 0 Å². The lowest BCUT2D eigenvalue weighted by atomic mass is 9.89. The lowest BCUT2D eigenvalue weighted by Gasteiger charge is -2.41. The molecule has 0 bridgehead atoms. The summed E-state index contributed by atoms with van der Waals surface area (Å²) in [6.07, 6.45) is 8.56. The van der Waals surface area contributed by atoms with Gasteiger partial charge in [-0.1, -0.05) is 44.2 Å². The second-order valence-electron chi connectivity index (χ2n) is 8.18. The van der Waals surface area contributed by atoms with Crippen LogP contribution in [0, 0.1) is 11.8 Å². The van der Waals surface area contributed by atoms with Gasteiger partial charge in [-0.2, -0.15) is 0 Å². The Morgan fingerprint density at radius 2 is 1.70 bits per heavy atom. The Kier molecular flexibility index (Phi) is 6.70. The quantitative estimate of drug-likeness (QED) is 0.755. The van der Waals surface area contributed by atoms with Gasteiger partial charge in [0.1, 0.15) is 0 Å². The van der Waals surface area contributed by atoms with E-state index in [0.717, 1.165) is 37.8 Å². The molecule has 2 heterocycles. The van der Waals surface area contributed by atoms with E-state index < -0.39 is 0 Å². The number of benzene rings is 1. The molecule has 1 aromatic rings. The molecule has 1 aromatic carbocycles. The Balaban J connectivity index is 1.53. The molecule has 0 aromatic heterocycles. The fourth-order valence-corrected chi connectivity index (χ4v) is 4.34.